The van der Waals surface area contributed by atoms with Crippen molar-refractivity contribution in [3.63, 3.8) is 0 Å². The third kappa shape index (κ3) is 3.64. The first-order valence-electron chi connectivity index (χ1n) is 6.10. The molecule has 5 heteroatoms. The summed E-state index contributed by atoms with van der Waals surface area (Å²) in [7, 11) is 0. The van der Waals surface area contributed by atoms with Crippen LogP contribution >= 0.6 is 0 Å². The number of amides is 1. The second-order valence-electron chi connectivity index (χ2n) is 5.32. The lowest BCUT2D eigenvalue weighted by Crippen LogP contribution is -2.43. The Balaban J connectivity index is 2.08. The molecule has 0 saturated carbocycles. The van der Waals surface area contributed by atoms with E-state index >= 15 is 0 Å². The van der Waals surface area contributed by atoms with Gasteiger partial charge < -0.3 is 10.1 Å². The number of carbonyl (C=O) groups is 1. The predicted molar refractivity (Wildman–Crippen MR) is 72.9 cm³/mol. The summed E-state index contributed by atoms with van der Waals surface area (Å²) in [6.45, 7) is 5.69. The minimum atomic E-state index is -0.273. The summed E-state index contributed by atoms with van der Waals surface area (Å²) >= 11 is 0. The van der Waals surface area contributed by atoms with Gasteiger partial charge in [0, 0.05) is 16.3 Å². The average molecular weight is 259 g/mol. The molecule has 100 valence electrons. The van der Waals surface area contributed by atoms with E-state index < -0.39 is 0 Å². The molecule has 1 heterocycles. The van der Waals surface area contributed by atoms with Crippen molar-refractivity contribution in [3.05, 3.63) is 30.5 Å². The van der Waals surface area contributed by atoms with Crippen LogP contribution in [0.4, 0.5) is 0 Å². The van der Waals surface area contributed by atoms with E-state index in [0.717, 1.165) is 10.8 Å². The molecule has 0 spiro atoms. The van der Waals surface area contributed by atoms with Crippen molar-refractivity contribution in [2.75, 3.05) is 6.61 Å². The van der Waals surface area contributed by atoms with E-state index in [0.29, 0.717) is 5.88 Å². The van der Waals surface area contributed by atoms with Gasteiger partial charge in [-0.3, -0.25) is 4.79 Å². The quantitative estimate of drug-likeness (QED) is 0.914. The summed E-state index contributed by atoms with van der Waals surface area (Å²) in [5, 5.41) is 12.4. The van der Waals surface area contributed by atoms with Gasteiger partial charge in [-0.25, -0.2) is 0 Å². The topological polar surface area (TPSA) is 64.1 Å². The minimum Gasteiger partial charge on any atom is -0.466 e. The van der Waals surface area contributed by atoms with Gasteiger partial charge in [-0.2, -0.15) is 5.10 Å². The number of ether oxygens (including phenoxy) is 1. The number of hydrogen-bond donors (Lipinski definition) is 1. The summed E-state index contributed by atoms with van der Waals surface area (Å²) in [6, 6.07) is 7.62. The highest BCUT2D eigenvalue weighted by Gasteiger charge is 2.14. The fraction of sp³-hybridized carbons (Fsp3) is 0.357. The molecule has 0 bridgehead atoms. The SMILES string of the molecule is CC(C)(C)NC(=O)COc1nncc2ccccc12. The molecule has 5 nitrogen and oxygen atoms in total. The predicted octanol–water partition coefficient (Wildman–Crippen LogP) is 1.92. The van der Waals surface area contributed by atoms with Gasteiger partial charge in [-0.05, 0) is 26.8 Å². The van der Waals surface area contributed by atoms with Gasteiger partial charge in [0.15, 0.2) is 6.61 Å². The van der Waals surface area contributed by atoms with Crippen LogP contribution in [0.5, 0.6) is 5.88 Å². The number of hydrogen-bond acceptors (Lipinski definition) is 4. The lowest BCUT2D eigenvalue weighted by atomic mass is 10.1. The second kappa shape index (κ2) is 5.22. The van der Waals surface area contributed by atoms with Crippen LogP contribution in [0.1, 0.15) is 20.8 Å². The van der Waals surface area contributed by atoms with E-state index in [2.05, 4.69) is 15.5 Å². The Morgan fingerprint density at radius 1 is 1.32 bits per heavy atom. The number of carbonyl (C=O) groups excluding carboxylic acids is 1. The Morgan fingerprint density at radius 2 is 2.05 bits per heavy atom. The summed E-state index contributed by atoms with van der Waals surface area (Å²) < 4.78 is 5.44. The zero-order valence-electron chi connectivity index (χ0n) is 11.3. The molecule has 1 aromatic carbocycles. The molecule has 2 aromatic rings. The Hall–Kier alpha value is -2.17. The first-order valence-corrected chi connectivity index (χ1v) is 6.10. The first kappa shape index (κ1) is 13.3. The highest BCUT2D eigenvalue weighted by Crippen LogP contribution is 2.21. The van der Waals surface area contributed by atoms with Crippen LogP contribution in [-0.2, 0) is 4.79 Å². The maximum Gasteiger partial charge on any atom is 0.258 e. The molecule has 1 aromatic heterocycles. The first-order chi connectivity index (χ1) is 8.96. The number of nitrogens with one attached hydrogen (secondary N) is 1. The van der Waals surface area contributed by atoms with Crippen LogP contribution in [0.3, 0.4) is 0 Å². The lowest BCUT2D eigenvalue weighted by Gasteiger charge is -2.20. The van der Waals surface area contributed by atoms with E-state index in [-0.39, 0.29) is 18.1 Å². The standard InChI is InChI=1S/C14H17N3O2/c1-14(2,3)16-12(18)9-19-13-11-7-5-4-6-10(11)8-15-17-13/h4-8H,9H2,1-3H3,(H,16,18). The summed E-state index contributed by atoms with van der Waals surface area (Å²) in [5.41, 5.74) is -0.273. The maximum absolute atomic E-state index is 11.7. The van der Waals surface area contributed by atoms with Crippen molar-refractivity contribution in [1.29, 1.82) is 0 Å². The van der Waals surface area contributed by atoms with Crippen molar-refractivity contribution >= 4 is 16.7 Å². The fourth-order valence-electron chi connectivity index (χ4n) is 1.70. The molecule has 0 unspecified atom stereocenters. The average Bonchev–Trinajstić information content (AvgIpc) is 2.34. The highest BCUT2D eigenvalue weighted by molar-refractivity contribution is 5.86. The van der Waals surface area contributed by atoms with Crippen molar-refractivity contribution in [3.8, 4) is 5.88 Å². The van der Waals surface area contributed by atoms with Crippen molar-refractivity contribution in [2.24, 2.45) is 0 Å². The van der Waals surface area contributed by atoms with Crippen LogP contribution in [0.25, 0.3) is 10.8 Å². The number of rotatable bonds is 3. The molecule has 1 amide bonds. The largest absolute Gasteiger partial charge is 0.466 e. The maximum atomic E-state index is 11.7. The number of aromatic nitrogens is 2. The van der Waals surface area contributed by atoms with Gasteiger partial charge in [0.1, 0.15) is 0 Å². The van der Waals surface area contributed by atoms with Crippen molar-refractivity contribution < 1.29 is 9.53 Å². The molecule has 0 radical (unpaired) electrons. The number of nitrogens with zero attached hydrogens (tertiary/aromatic N) is 2. The van der Waals surface area contributed by atoms with Gasteiger partial charge in [0.25, 0.3) is 5.91 Å². The summed E-state index contributed by atoms with van der Waals surface area (Å²) in [6.07, 6.45) is 1.66. The van der Waals surface area contributed by atoms with Gasteiger partial charge in [0.2, 0.25) is 5.88 Å². The Morgan fingerprint density at radius 3 is 2.79 bits per heavy atom. The molecular formula is C14H17N3O2. The van der Waals surface area contributed by atoms with Crippen LogP contribution in [0.2, 0.25) is 0 Å². The van der Waals surface area contributed by atoms with Gasteiger partial charge >= 0.3 is 0 Å². The van der Waals surface area contributed by atoms with Gasteiger partial charge in [0.05, 0.1) is 6.20 Å². The smallest absolute Gasteiger partial charge is 0.258 e. The zero-order valence-corrected chi connectivity index (χ0v) is 11.3. The third-order valence-electron chi connectivity index (χ3n) is 2.39. The van der Waals surface area contributed by atoms with Crippen LogP contribution in [0.15, 0.2) is 30.5 Å². The molecule has 2 rings (SSSR count). The number of benzene rings is 1. The van der Waals surface area contributed by atoms with E-state index in [1.54, 1.807) is 6.20 Å². The molecule has 0 atom stereocenters. The zero-order chi connectivity index (χ0) is 13.9. The van der Waals surface area contributed by atoms with Crippen molar-refractivity contribution in [2.45, 2.75) is 26.3 Å². The molecule has 0 fully saturated rings. The molecule has 0 aliphatic heterocycles. The summed E-state index contributed by atoms with van der Waals surface area (Å²) in [4.78, 5) is 11.7. The Kier molecular flexibility index (Phi) is 3.64. The van der Waals surface area contributed by atoms with Crippen LogP contribution in [0, 0.1) is 0 Å². The van der Waals surface area contributed by atoms with Gasteiger partial charge in [-0.15, -0.1) is 5.10 Å². The minimum absolute atomic E-state index is 0.0695. The Labute approximate surface area is 112 Å². The molecule has 0 aliphatic carbocycles. The Bertz CT molecular complexity index is 585. The van der Waals surface area contributed by atoms with E-state index in [4.69, 9.17) is 4.74 Å². The van der Waals surface area contributed by atoms with E-state index in [9.17, 15) is 4.79 Å². The molecule has 19 heavy (non-hydrogen) atoms. The molecule has 0 saturated heterocycles. The fourth-order valence-corrected chi connectivity index (χ4v) is 1.70. The van der Waals surface area contributed by atoms with Crippen LogP contribution < -0.4 is 10.1 Å². The molecule has 1 N–H and O–H groups in total. The normalized spacial score (nSPS) is 11.3. The highest BCUT2D eigenvalue weighted by atomic mass is 16.5. The van der Waals surface area contributed by atoms with Crippen LogP contribution in [-0.4, -0.2) is 28.3 Å². The summed E-state index contributed by atoms with van der Waals surface area (Å²) in [5.74, 6) is 0.199. The van der Waals surface area contributed by atoms with Gasteiger partial charge in [-0.1, -0.05) is 18.2 Å². The van der Waals surface area contributed by atoms with Crippen molar-refractivity contribution in [1.82, 2.24) is 15.5 Å². The molecule has 0 aliphatic rings. The third-order valence-corrected chi connectivity index (χ3v) is 2.39. The van der Waals surface area contributed by atoms with E-state index in [1.165, 1.54) is 0 Å². The monoisotopic (exact) mass is 259 g/mol. The number of fused-ring (bicyclic) bond motifs is 1. The molecular weight excluding hydrogens is 242 g/mol. The lowest BCUT2D eigenvalue weighted by molar-refractivity contribution is -0.124. The second-order valence-corrected chi connectivity index (χ2v) is 5.32. The van der Waals surface area contributed by atoms with E-state index in [1.807, 2.05) is 45.0 Å².